The van der Waals surface area contributed by atoms with Crippen LogP contribution in [-0.4, -0.2) is 37.0 Å². The van der Waals surface area contributed by atoms with Crippen molar-refractivity contribution in [1.29, 1.82) is 0 Å². The van der Waals surface area contributed by atoms with E-state index in [1.54, 1.807) is 31.0 Å². The maximum atomic E-state index is 12.6. The largest absolute Gasteiger partial charge is 0.493 e. The summed E-state index contributed by atoms with van der Waals surface area (Å²) in [6.07, 6.45) is 4.50. The van der Waals surface area contributed by atoms with Gasteiger partial charge in [0.1, 0.15) is 0 Å². The van der Waals surface area contributed by atoms with Gasteiger partial charge in [-0.1, -0.05) is 37.8 Å². The van der Waals surface area contributed by atoms with Crippen molar-refractivity contribution in [2.75, 3.05) is 31.3 Å². The van der Waals surface area contributed by atoms with Crippen LogP contribution in [0.4, 0.5) is 5.69 Å². The van der Waals surface area contributed by atoms with Crippen LogP contribution in [0.25, 0.3) is 6.08 Å². The lowest BCUT2D eigenvalue weighted by atomic mass is 10.1. The van der Waals surface area contributed by atoms with Crippen molar-refractivity contribution in [3.8, 4) is 11.5 Å². The highest BCUT2D eigenvalue weighted by Crippen LogP contribution is 2.29. The minimum Gasteiger partial charge on any atom is -0.493 e. The van der Waals surface area contributed by atoms with E-state index in [4.69, 9.17) is 9.47 Å². The van der Waals surface area contributed by atoms with Crippen LogP contribution in [0.15, 0.2) is 53.5 Å². The Hall–Kier alpha value is -2.73. The van der Waals surface area contributed by atoms with Crippen LogP contribution in [0.5, 0.6) is 11.5 Å². The fourth-order valence-corrected chi connectivity index (χ4v) is 3.65. The maximum absolute atomic E-state index is 12.6. The second kappa shape index (κ2) is 10.9. The van der Waals surface area contributed by atoms with E-state index in [9.17, 15) is 4.79 Å². The third-order valence-corrected chi connectivity index (χ3v) is 5.40. The molecule has 6 heteroatoms. The summed E-state index contributed by atoms with van der Waals surface area (Å²) in [5.74, 6) is 2.81. The first-order valence-corrected chi connectivity index (χ1v) is 11.1. The number of nitrogens with zero attached hydrogens (tertiary/aromatic N) is 1. The first kappa shape index (κ1) is 22.0. The minimum absolute atomic E-state index is 0.0496. The summed E-state index contributed by atoms with van der Waals surface area (Å²) in [6.45, 7) is 5.66. The molecule has 2 aromatic rings. The Morgan fingerprint density at radius 1 is 1.20 bits per heavy atom. The molecule has 2 aromatic carbocycles. The Balaban J connectivity index is 1.64. The SMILES string of the molecule is COc1ccc(/C=C/C(=O)c2ccc(NC3=NCCCS3)cc2)cc1OCC(C)C. The van der Waals surface area contributed by atoms with Crippen LogP contribution in [-0.2, 0) is 0 Å². The number of ketones is 1. The number of nitrogens with one attached hydrogen (secondary N) is 1. The van der Waals surface area contributed by atoms with Gasteiger partial charge in [0.15, 0.2) is 22.4 Å². The summed E-state index contributed by atoms with van der Waals surface area (Å²) in [6, 6.07) is 13.1. The van der Waals surface area contributed by atoms with Gasteiger partial charge in [-0.15, -0.1) is 0 Å². The molecule has 30 heavy (non-hydrogen) atoms. The van der Waals surface area contributed by atoms with Crippen molar-refractivity contribution in [3.05, 3.63) is 59.7 Å². The molecule has 1 aliphatic heterocycles. The Bertz CT molecular complexity index is 921. The van der Waals surface area contributed by atoms with Crippen LogP contribution in [0.2, 0.25) is 0 Å². The van der Waals surface area contributed by atoms with Crippen molar-refractivity contribution >= 4 is 34.5 Å². The van der Waals surface area contributed by atoms with Gasteiger partial charge in [-0.2, -0.15) is 0 Å². The average molecular weight is 425 g/mol. The quantitative estimate of drug-likeness (QED) is 0.446. The molecule has 3 rings (SSSR count). The predicted octanol–water partition coefficient (Wildman–Crippen LogP) is 5.53. The Labute approximate surface area is 182 Å². The zero-order valence-corrected chi connectivity index (χ0v) is 18.5. The fourth-order valence-electron chi connectivity index (χ4n) is 2.81. The minimum atomic E-state index is -0.0496. The molecule has 0 aliphatic carbocycles. The molecule has 0 saturated carbocycles. The summed E-state index contributed by atoms with van der Waals surface area (Å²) < 4.78 is 11.2. The van der Waals surface area contributed by atoms with Crippen molar-refractivity contribution in [1.82, 2.24) is 0 Å². The van der Waals surface area contributed by atoms with Crippen molar-refractivity contribution in [2.24, 2.45) is 10.9 Å². The number of carbonyl (C=O) groups is 1. The number of amidine groups is 1. The van der Waals surface area contributed by atoms with E-state index in [1.807, 2.05) is 42.5 Å². The van der Waals surface area contributed by atoms with Gasteiger partial charge in [-0.3, -0.25) is 9.79 Å². The van der Waals surface area contributed by atoms with Crippen LogP contribution in [0.1, 0.15) is 36.2 Å². The van der Waals surface area contributed by atoms with E-state index in [0.717, 1.165) is 35.1 Å². The van der Waals surface area contributed by atoms with Crippen LogP contribution in [0, 0.1) is 5.92 Å². The van der Waals surface area contributed by atoms with Gasteiger partial charge in [0.05, 0.1) is 13.7 Å². The molecule has 0 saturated heterocycles. The molecule has 0 amide bonds. The summed E-state index contributed by atoms with van der Waals surface area (Å²) in [5, 5.41) is 4.24. The average Bonchev–Trinajstić information content (AvgIpc) is 2.77. The van der Waals surface area contributed by atoms with E-state index in [2.05, 4.69) is 24.2 Å². The first-order valence-electron chi connectivity index (χ1n) is 10.1. The number of thioether (sulfide) groups is 1. The number of benzene rings is 2. The van der Waals surface area contributed by atoms with Crippen molar-refractivity contribution in [2.45, 2.75) is 20.3 Å². The topological polar surface area (TPSA) is 59.9 Å². The van der Waals surface area contributed by atoms with E-state index < -0.39 is 0 Å². The van der Waals surface area contributed by atoms with Gasteiger partial charge < -0.3 is 14.8 Å². The standard InChI is InChI=1S/C24H28N2O3S/c1-17(2)16-29-23-15-18(6-12-22(23)28-3)5-11-21(27)19-7-9-20(10-8-19)26-24-25-13-4-14-30-24/h5-12,15,17H,4,13-14,16H2,1-3H3,(H,25,26)/b11-5+. The molecule has 5 nitrogen and oxygen atoms in total. The van der Waals surface area contributed by atoms with Gasteiger partial charge in [-0.05, 0) is 60.4 Å². The lowest BCUT2D eigenvalue weighted by molar-refractivity contribution is 0.104. The summed E-state index contributed by atoms with van der Waals surface area (Å²) in [7, 11) is 1.62. The number of aliphatic imine (C=N–C) groups is 1. The highest BCUT2D eigenvalue weighted by molar-refractivity contribution is 8.14. The summed E-state index contributed by atoms with van der Waals surface area (Å²) >= 11 is 1.72. The van der Waals surface area contributed by atoms with Gasteiger partial charge in [0.2, 0.25) is 0 Å². The molecule has 0 spiro atoms. The van der Waals surface area contributed by atoms with Crippen LogP contribution in [0.3, 0.4) is 0 Å². The van der Waals surface area contributed by atoms with Gasteiger partial charge in [-0.25, -0.2) is 0 Å². The fraction of sp³-hybridized carbons (Fsp3) is 0.333. The molecule has 158 valence electrons. The van der Waals surface area contributed by atoms with Crippen LogP contribution < -0.4 is 14.8 Å². The second-order valence-electron chi connectivity index (χ2n) is 7.40. The number of allylic oxidation sites excluding steroid dienone is 1. The zero-order valence-electron chi connectivity index (χ0n) is 17.7. The molecular weight excluding hydrogens is 396 g/mol. The Kier molecular flexibility index (Phi) is 7.97. The zero-order chi connectivity index (χ0) is 21.3. The second-order valence-corrected chi connectivity index (χ2v) is 8.49. The molecule has 0 fully saturated rings. The van der Waals surface area contributed by atoms with E-state index in [-0.39, 0.29) is 5.78 Å². The number of hydrogen-bond donors (Lipinski definition) is 1. The number of hydrogen-bond acceptors (Lipinski definition) is 6. The third-order valence-electron chi connectivity index (χ3n) is 4.40. The number of rotatable bonds is 8. The number of methoxy groups -OCH3 is 1. The number of ether oxygens (including phenoxy) is 2. The molecule has 0 unspecified atom stereocenters. The predicted molar refractivity (Wildman–Crippen MR) is 126 cm³/mol. The third kappa shape index (κ3) is 6.39. The van der Waals surface area contributed by atoms with Crippen LogP contribution >= 0.6 is 11.8 Å². The maximum Gasteiger partial charge on any atom is 0.185 e. The Morgan fingerprint density at radius 3 is 2.67 bits per heavy atom. The highest BCUT2D eigenvalue weighted by atomic mass is 32.2. The molecule has 1 heterocycles. The number of anilines is 1. The monoisotopic (exact) mass is 424 g/mol. The van der Waals surface area contributed by atoms with Crippen molar-refractivity contribution < 1.29 is 14.3 Å². The molecule has 0 bridgehead atoms. The lowest BCUT2D eigenvalue weighted by Gasteiger charge is -2.13. The normalized spacial score (nSPS) is 13.9. The summed E-state index contributed by atoms with van der Waals surface area (Å²) in [4.78, 5) is 17.0. The molecule has 1 aliphatic rings. The number of carbonyl (C=O) groups excluding carboxylic acids is 1. The van der Waals surface area contributed by atoms with Gasteiger partial charge >= 0.3 is 0 Å². The van der Waals surface area contributed by atoms with E-state index in [1.165, 1.54) is 0 Å². The molecule has 0 aromatic heterocycles. The molecule has 0 radical (unpaired) electrons. The lowest BCUT2D eigenvalue weighted by Crippen LogP contribution is -2.13. The summed E-state index contributed by atoms with van der Waals surface area (Å²) in [5.41, 5.74) is 2.46. The molecular formula is C24H28N2O3S. The van der Waals surface area contributed by atoms with Gasteiger partial charge in [0, 0.05) is 23.5 Å². The van der Waals surface area contributed by atoms with Gasteiger partial charge in [0.25, 0.3) is 0 Å². The van der Waals surface area contributed by atoms with Crippen molar-refractivity contribution in [3.63, 3.8) is 0 Å². The smallest absolute Gasteiger partial charge is 0.185 e. The van der Waals surface area contributed by atoms with E-state index in [0.29, 0.717) is 29.6 Å². The molecule has 1 N–H and O–H groups in total. The van der Waals surface area contributed by atoms with E-state index >= 15 is 0 Å². The highest BCUT2D eigenvalue weighted by Gasteiger charge is 2.08. The molecule has 0 atom stereocenters. The first-order chi connectivity index (χ1) is 14.5. The Morgan fingerprint density at radius 2 is 2.00 bits per heavy atom.